The van der Waals surface area contributed by atoms with Crippen molar-refractivity contribution < 1.29 is 14.7 Å². The molecule has 2 N–H and O–H groups in total. The van der Waals surface area contributed by atoms with Gasteiger partial charge < -0.3 is 10.4 Å². The monoisotopic (exact) mass is 201 g/mol. The van der Waals surface area contributed by atoms with Gasteiger partial charge in [-0.1, -0.05) is 26.7 Å². The van der Waals surface area contributed by atoms with Gasteiger partial charge in [-0.15, -0.1) is 0 Å². The summed E-state index contributed by atoms with van der Waals surface area (Å²) in [7, 11) is 0. The van der Waals surface area contributed by atoms with Crippen molar-refractivity contribution >= 4 is 11.9 Å². The fourth-order valence-corrected chi connectivity index (χ4v) is 1.20. The number of carboxylic acids is 1. The van der Waals surface area contributed by atoms with Crippen LogP contribution in [0.2, 0.25) is 0 Å². The molecule has 82 valence electrons. The lowest BCUT2D eigenvalue weighted by molar-refractivity contribution is -0.141. The maximum absolute atomic E-state index is 11.3. The number of hydrogen-bond acceptors (Lipinski definition) is 2. The Morgan fingerprint density at radius 3 is 2.14 bits per heavy atom. The van der Waals surface area contributed by atoms with Crippen LogP contribution in [0, 0.1) is 5.92 Å². The van der Waals surface area contributed by atoms with Crippen molar-refractivity contribution in [1.29, 1.82) is 0 Å². The van der Waals surface area contributed by atoms with Gasteiger partial charge in [0.2, 0.25) is 5.91 Å². The van der Waals surface area contributed by atoms with Crippen LogP contribution >= 0.6 is 0 Å². The zero-order valence-corrected chi connectivity index (χ0v) is 9.04. The molecule has 4 nitrogen and oxygen atoms in total. The number of rotatable bonds is 6. The third-order valence-corrected chi connectivity index (χ3v) is 2.38. The molecule has 0 heterocycles. The normalized spacial score (nSPS) is 12.6. The van der Waals surface area contributed by atoms with E-state index in [-0.39, 0.29) is 5.91 Å². The predicted octanol–water partition coefficient (Wildman–Crippen LogP) is 1.40. The minimum atomic E-state index is -0.997. The van der Waals surface area contributed by atoms with Gasteiger partial charge in [0.1, 0.15) is 6.04 Å². The number of nitrogens with one attached hydrogen (secondary N) is 1. The molecule has 0 spiro atoms. The van der Waals surface area contributed by atoms with E-state index in [2.05, 4.69) is 5.32 Å². The van der Waals surface area contributed by atoms with Gasteiger partial charge in [-0.3, -0.25) is 9.59 Å². The van der Waals surface area contributed by atoms with Crippen LogP contribution in [0.1, 0.15) is 40.0 Å². The zero-order chi connectivity index (χ0) is 11.1. The van der Waals surface area contributed by atoms with Crippen LogP contribution < -0.4 is 5.32 Å². The first-order chi connectivity index (χ1) is 6.51. The van der Waals surface area contributed by atoms with Crippen LogP contribution in [0.4, 0.5) is 0 Å². The van der Waals surface area contributed by atoms with E-state index in [0.29, 0.717) is 12.3 Å². The molecule has 1 amide bonds. The van der Waals surface area contributed by atoms with E-state index in [0.717, 1.165) is 12.8 Å². The topological polar surface area (TPSA) is 66.4 Å². The Morgan fingerprint density at radius 1 is 1.29 bits per heavy atom. The van der Waals surface area contributed by atoms with Crippen molar-refractivity contribution in [2.75, 3.05) is 0 Å². The number of carbonyl (C=O) groups is 2. The van der Waals surface area contributed by atoms with Gasteiger partial charge in [0.15, 0.2) is 0 Å². The highest BCUT2D eigenvalue weighted by atomic mass is 16.4. The lowest BCUT2D eigenvalue weighted by Crippen LogP contribution is -2.38. The lowest BCUT2D eigenvalue weighted by atomic mass is 9.99. The number of carbonyl (C=O) groups excluding carboxylic acids is 1. The highest BCUT2D eigenvalue weighted by Gasteiger charge is 2.16. The van der Waals surface area contributed by atoms with Crippen LogP contribution in [0.15, 0.2) is 0 Å². The average Bonchev–Trinajstić information content (AvgIpc) is 2.13. The largest absolute Gasteiger partial charge is 0.480 e. The van der Waals surface area contributed by atoms with E-state index in [4.69, 9.17) is 5.11 Å². The van der Waals surface area contributed by atoms with Crippen molar-refractivity contribution in [2.45, 2.75) is 46.1 Å². The molecule has 14 heavy (non-hydrogen) atoms. The standard InChI is InChI=1S/C10H19NO3/c1-4-8(5-2)6-9(12)11-7(3)10(13)14/h7-8H,4-6H2,1-3H3,(H,11,12)(H,13,14). The first-order valence-corrected chi connectivity index (χ1v) is 5.03. The predicted molar refractivity (Wildman–Crippen MR) is 53.9 cm³/mol. The molecule has 0 aliphatic heterocycles. The van der Waals surface area contributed by atoms with Gasteiger partial charge in [-0.05, 0) is 12.8 Å². The van der Waals surface area contributed by atoms with E-state index >= 15 is 0 Å². The second-order valence-electron chi connectivity index (χ2n) is 3.51. The molecule has 0 aromatic rings. The number of hydrogen-bond donors (Lipinski definition) is 2. The van der Waals surface area contributed by atoms with Gasteiger partial charge in [0.05, 0.1) is 0 Å². The summed E-state index contributed by atoms with van der Waals surface area (Å²) in [5.74, 6) is -0.813. The molecule has 0 aliphatic rings. The Labute approximate surface area is 84.7 Å². The molecule has 0 rings (SSSR count). The summed E-state index contributed by atoms with van der Waals surface area (Å²) in [6, 6.07) is -0.795. The highest BCUT2D eigenvalue weighted by molar-refractivity contribution is 5.83. The first kappa shape index (κ1) is 12.9. The van der Waals surface area contributed by atoms with Crippen molar-refractivity contribution in [3.63, 3.8) is 0 Å². The van der Waals surface area contributed by atoms with Crippen molar-refractivity contribution in [2.24, 2.45) is 5.92 Å². The van der Waals surface area contributed by atoms with Gasteiger partial charge in [0, 0.05) is 6.42 Å². The van der Waals surface area contributed by atoms with E-state index in [1.807, 2.05) is 13.8 Å². The molecule has 0 fully saturated rings. The van der Waals surface area contributed by atoms with Crippen LogP contribution in [-0.4, -0.2) is 23.0 Å². The second-order valence-corrected chi connectivity index (χ2v) is 3.51. The van der Waals surface area contributed by atoms with E-state index in [1.54, 1.807) is 0 Å². The number of aliphatic carboxylic acids is 1. The Kier molecular flexibility index (Phi) is 5.92. The second kappa shape index (κ2) is 6.40. The Bertz CT molecular complexity index is 200. The van der Waals surface area contributed by atoms with Crippen molar-refractivity contribution in [1.82, 2.24) is 5.32 Å². The van der Waals surface area contributed by atoms with Gasteiger partial charge >= 0.3 is 5.97 Å². The Morgan fingerprint density at radius 2 is 1.79 bits per heavy atom. The molecule has 0 bridgehead atoms. The van der Waals surface area contributed by atoms with E-state index in [9.17, 15) is 9.59 Å². The Hall–Kier alpha value is -1.06. The maximum Gasteiger partial charge on any atom is 0.325 e. The zero-order valence-electron chi connectivity index (χ0n) is 9.04. The van der Waals surface area contributed by atoms with Gasteiger partial charge in [-0.2, -0.15) is 0 Å². The average molecular weight is 201 g/mol. The molecule has 0 aromatic carbocycles. The summed E-state index contributed by atoms with van der Waals surface area (Å²) in [5.41, 5.74) is 0. The van der Waals surface area contributed by atoms with E-state index < -0.39 is 12.0 Å². The first-order valence-electron chi connectivity index (χ1n) is 5.03. The smallest absolute Gasteiger partial charge is 0.325 e. The SMILES string of the molecule is CCC(CC)CC(=O)NC(C)C(=O)O. The molecule has 0 aliphatic carbocycles. The van der Waals surface area contributed by atoms with Crippen LogP contribution in [0.25, 0.3) is 0 Å². The quantitative estimate of drug-likeness (QED) is 0.682. The summed E-state index contributed by atoms with van der Waals surface area (Å²) in [4.78, 5) is 21.8. The molecule has 4 heteroatoms. The van der Waals surface area contributed by atoms with Gasteiger partial charge in [0.25, 0.3) is 0 Å². The van der Waals surface area contributed by atoms with Crippen LogP contribution in [-0.2, 0) is 9.59 Å². The summed E-state index contributed by atoms with van der Waals surface area (Å²) in [5, 5.41) is 11.0. The number of carboxylic acid groups (broad SMARTS) is 1. The third kappa shape index (κ3) is 4.84. The lowest BCUT2D eigenvalue weighted by Gasteiger charge is -2.13. The van der Waals surface area contributed by atoms with E-state index in [1.165, 1.54) is 6.92 Å². The minimum absolute atomic E-state index is 0.173. The fourth-order valence-electron chi connectivity index (χ4n) is 1.20. The minimum Gasteiger partial charge on any atom is -0.480 e. The summed E-state index contributed by atoms with van der Waals surface area (Å²) < 4.78 is 0. The fraction of sp³-hybridized carbons (Fsp3) is 0.800. The molecular formula is C10H19NO3. The van der Waals surface area contributed by atoms with Crippen molar-refractivity contribution in [3.8, 4) is 0 Å². The molecule has 0 aromatic heterocycles. The van der Waals surface area contributed by atoms with Gasteiger partial charge in [-0.25, -0.2) is 0 Å². The summed E-state index contributed by atoms with van der Waals surface area (Å²) in [6.45, 7) is 5.53. The highest BCUT2D eigenvalue weighted by Crippen LogP contribution is 2.11. The third-order valence-electron chi connectivity index (χ3n) is 2.38. The maximum atomic E-state index is 11.3. The molecule has 1 atom stereocenters. The molecule has 0 radical (unpaired) electrons. The molecule has 0 saturated heterocycles. The van der Waals surface area contributed by atoms with Crippen LogP contribution in [0.3, 0.4) is 0 Å². The van der Waals surface area contributed by atoms with Crippen LogP contribution in [0.5, 0.6) is 0 Å². The summed E-state index contributed by atoms with van der Waals surface area (Å²) >= 11 is 0. The molecular weight excluding hydrogens is 182 g/mol. The Balaban J connectivity index is 3.91. The molecule has 0 saturated carbocycles. The molecule has 1 unspecified atom stereocenters. The van der Waals surface area contributed by atoms with Crippen molar-refractivity contribution in [3.05, 3.63) is 0 Å². The number of amides is 1. The summed E-state index contributed by atoms with van der Waals surface area (Å²) in [6.07, 6.45) is 2.32.